The van der Waals surface area contributed by atoms with Gasteiger partial charge in [0.2, 0.25) is 0 Å². The molecule has 6 aromatic rings. The van der Waals surface area contributed by atoms with Crippen molar-refractivity contribution >= 4 is 10.8 Å². The molecule has 0 spiro atoms. The van der Waals surface area contributed by atoms with Crippen LogP contribution in [0.2, 0.25) is 0 Å². The van der Waals surface area contributed by atoms with Gasteiger partial charge < -0.3 is 4.42 Å². The van der Waals surface area contributed by atoms with Crippen molar-refractivity contribution in [3.05, 3.63) is 133 Å². The van der Waals surface area contributed by atoms with Gasteiger partial charge in [-0.15, -0.1) is 0 Å². The van der Waals surface area contributed by atoms with Crippen molar-refractivity contribution in [2.24, 2.45) is 0 Å². The van der Waals surface area contributed by atoms with Crippen LogP contribution in [0.15, 0.2) is 132 Å². The van der Waals surface area contributed by atoms with Gasteiger partial charge in [0.1, 0.15) is 11.5 Å². The van der Waals surface area contributed by atoms with E-state index in [1.54, 1.807) is 0 Å². The fraction of sp³-hybridized carbons (Fsp3) is 0.0303. The minimum atomic E-state index is 0.907. The van der Waals surface area contributed by atoms with E-state index in [0.29, 0.717) is 0 Å². The van der Waals surface area contributed by atoms with Crippen LogP contribution in [0.1, 0.15) is 5.56 Å². The van der Waals surface area contributed by atoms with Crippen LogP contribution in [0, 0.1) is 6.92 Å². The Morgan fingerprint density at radius 2 is 0.824 bits per heavy atom. The average molecular weight is 437 g/mol. The molecule has 0 saturated heterocycles. The number of furan rings is 1. The Morgan fingerprint density at radius 1 is 0.382 bits per heavy atom. The van der Waals surface area contributed by atoms with Crippen molar-refractivity contribution in [1.82, 2.24) is 0 Å². The summed E-state index contributed by atoms with van der Waals surface area (Å²) in [6, 6.07) is 44.6. The van der Waals surface area contributed by atoms with Crippen molar-refractivity contribution in [3.63, 3.8) is 0 Å². The minimum absolute atomic E-state index is 0.907. The lowest BCUT2D eigenvalue weighted by atomic mass is 9.93. The highest BCUT2D eigenvalue weighted by molar-refractivity contribution is 6.06. The number of rotatable bonds is 4. The van der Waals surface area contributed by atoms with E-state index in [9.17, 15) is 0 Å². The SMILES string of the molecule is Cc1ccccc1-c1ccccc1-c1oc(-c2ccccc2-c2ccccc2)c2ccccc12. The van der Waals surface area contributed by atoms with Crippen LogP contribution in [-0.4, -0.2) is 0 Å². The lowest BCUT2D eigenvalue weighted by Crippen LogP contribution is -1.87. The molecule has 0 aliphatic rings. The van der Waals surface area contributed by atoms with Gasteiger partial charge in [0, 0.05) is 21.9 Å². The fourth-order valence-corrected chi connectivity index (χ4v) is 4.83. The van der Waals surface area contributed by atoms with E-state index in [1.807, 2.05) is 0 Å². The van der Waals surface area contributed by atoms with Gasteiger partial charge in [0.05, 0.1) is 0 Å². The van der Waals surface area contributed by atoms with Gasteiger partial charge in [-0.05, 0) is 34.7 Å². The van der Waals surface area contributed by atoms with E-state index in [1.165, 1.54) is 27.8 Å². The predicted octanol–water partition coefficient (Wildman–Crippen LogP) is 9.41. The van der Waals surface area contributed by atoms with Gasteiger partial charge in [0.25, 0.3) is 0 Å². The summed E-state index contributed by atoms with van der Waals surface area (Å²) in [5.74, 6) is 1.82. The standard InChI is InChI=1S/C33H24O/c1-23-13-5-6-16-25(23)27-18-8-10-20-29(27)33-31-22-12-11-21-30(31)32(34-33)28-19-9-7-17-26(28)24-14-3-2-4-15-24/h2-22H,1H3. The molecule has 0 amide bonds. The quantitative estimate of drug-likeness (QED) is 0.268. The highest BCUT2D eigenvalue weighted by Gasteiger charge is 2.20. The average Bonchev–Trinajstić information content (AvgIpc) is 3.29. The Morgan fingerprint density at radius 3 is 1.44 bits per heavy atom. The summed E-state index contributed by atoms with van der Waals surface area (Å²) in [6.45, 7) is 2.16. The Hall–Kier alpha value is -4.36. The third kappa shape index (κ3) is 3.43. The Labute approximate surface area is 200 Å². The van der Waals surface area contributed by atoms with Crippen LogP contribution in [-0.2, 0) is 0 Å². The molecule has 1 aromatic heterocycles. The Kier molecular flexibility index (Phi) is 5.08. The number of hydrogen-bond donors (Lipinski definition) is 0. The van der Waals surface area contributed by atoms with Crippen LogP contribution in [0.25, 0.3) is 55.7 Å². The number of benzene rings is 5. The summed E-state index contributed by atoms with van der Waals surface area (Å²) in [5, 5.41) is 2.25. The first-order valence-electron chi connectivity index (χ1n) is 11.6. The number of hydrogen-bond acceptors (Lipinski definition) is 1. The summed E-state index contributed by atoms with van der Waals surface area (Å²) in [5.41, 5.74) is 8.22. The molecule has 34 heavy (non-hydrogen) atoms. The van der Waals surface area contributed by atoms with Crippen molar-refractivity contribution in [2.45, 2.75) is 6.92 Å². The molecule has 0 unspecified atom stereocenters. The van der Waals surface area contributed by atoms with Gasteiger partial charge in [-0.1, -0.05) is 127 Å². The largest absolute Gasteiger partial charge is 0.455 e. The normalized spacial score (nSPS) is 11.1. The van der Waals surface area contributed by atoms with E-state index in [4.69, 9.17) is 4.42 Å². The highest BCUT2D eigenvalue weighted by Crippen LogP contribution is 2.44. The second kappa shape index (κ2) is 8.53. The van der Waals surface area contributed by atoms with E-state index < -0.39 is 0 Å². The van der Waals surface area contributed by atoms with E-state index >= 15 is 0 Å². The zero-order valence-corrected chi connectivity index (χ0v) is 19.0. The molecule has 5 aromatic carbocycles. The molecule has 0 radical (unpaired) electrons. The van der Waals surface area contributed by atoms with Crippen molar-refractivity contribution in [3.8, 4) is 44.9 Å². The summed E-state index contributed by atoms with van der Waals surface area (Å²) in [4.78, 5) is 0. The van der Waals surface area contributed by atoms with Crippen LogP contribution in [0.5, 0.6) is 0 Å². The molecule has 0 aliphatic heterocycles. The third-order valence-corrected chi connectivity index (χ3v) is 6.48. The Balaban J connectivity index is 1.62. The molecule has 1 heteroatoms. The van der Waals surface area contributed by atoms with Crippen molar-refractivity contribution < 1.29 is 4.42 Å². The molecular formula is C33H24O. The first kappa shape index (κ1) is 20.3. The van der Waals surface area contributed by atoms with E-state index in [-0.39, 0.29) is 0 Å². The van der Waals surface area contributed by atoms with Gasteiger partial charge in [-0.25, -0.2) is 0 Å². The lowest BCUT2D eigenvalue weighted by Gasteiger charge is -2.11. The zero-order chi connectivity index (χ0) is 22.9. The molecule has 0 aliphatic carbocycles. The smallest absolute Gasteiger partial charge is 0.143 e. The first-order chi connectivity index (χ1) is 16.8. The number of aryl methyl sites for hydroxylation is 1. The molecule has 162 valence electrons. The van der Waals surface area contributed by atoms with Crippen LogP contribution in [0.4, 0.5) is 0 Å². The van der Waals surface area contributed by atoms with E-state index in [2.05, 4.69) is 134 Å². The number of fused-ring (bicyclic) bond motifs is 1. The van der Waals surface area contributed by atoms with Crippen LogP contribution in [0.3, 0.4) is 0 Å². The van der Waals surface area contributed by atoms with E-state index in [0.717, 1.165) is 33.4 Å². The molecule has 0 atom stereocenters. The van der Waals surface area contributed by atoms with Crippen molar-refractivity contribution in [1.29, 1.82) is 0 Å². The molecule has 0 saturated carbocycles. The van der Waals surface area contributed by atoms with Gasteiger partial charge in [-0.2, -0.15) is 0 Å². The maximum Gasteiger partial charge on any atom is 0.143 e. The second-order valence-electron chi connectivity index (χ2n) is 8.58. The minimum Gasteiger partial charge on any atom is -0.455 e. The predicted molar refractivity (Wildman–Crippen MR) is 143 cm³/mol. The third-order valence-electron chi connectivity index (χ3n) is 6.48. The molecule has 6 rings (SSSR count). The van der Waals surface area contributed by atoms with Crippen LogP contribution >= 0.6 is 0 Å². The molecule has 0 bridgehead atoms. The highest BCUT2D eigenvalue weighted by atomic mass is 16.3. The fourth-order valence-electron chi connectivity index (χ4n) is 4.83. The molecular weight excluding hydrogens is 412 g/mol. The molecule has 0 N–H and O–H groups in total. The van der Waals surface area contributed by atoms with Gasteiger partial charge >= 0.3 is 0 Å². The van der Waals surface area contributed by atoms with Crippen LogP contribution < -0.4 is 0 Å². The first-order valence-corrected chi connectivity index (χ1v) is 11.6. The molecule has 1 nitrogen and oxygen atoms in total. The second-order valence-corrected chi connectivity index (χ2v) is 8.58. The molecule has 1 heterocycles. The summed E-state index contributed by atoms with van der Waals surface area (Å²) >= 11 is 0. The summed E-state index contributed by atoms with van der Waals surface area (Å²) < 4.78 is 6.80. The topological polar surface area (TPSA) is 13.1 Å². The van der Waals surface area contributed by atoms with Gasteiger partial charge in [0.15, 0.2) is 0 Å². The lowest BCUT2D eigenvalue weighted by molar-refractivity contribution is 0.602. The maximum atomic E-state index is 6.80. The van der Waals surface area contributed by atoms with Crippen molar-refractivity contribution in [2.75, 3.05) is 0 Å². The maximum absolute atomic E-state index is 6.80. The van der Waals surface area contributed by atoms with Gasteiger partial charge in [-0.3, -0.25) is 0 Å². The molecule has 0 fully saturated rings. The monoisotopic (exact) mass is 436 g/mol. The summed E-state index contributed by atoms with van der Waals surface area (Å²) in [6.07, 6.45) is 0. The zero-order valence-electron chi connectivity index (χ0n) is 19.0. The Bertz CT molecular complexity index is 1600. The summed E-state index contributed by atoms with van der Waals surface area (Å²) in [7, 11) is 0.